The molecule has 2 rings (SSSR count). The molecule has 26 heavy (non-hydrogen) atoms. The van der Waals surface area contributed by atoms with Gasteiger partial charge in [-0.2, -0.15) is 0 Å². The van der Waals surface area contributed by atoms with Gasteiger partial charge in [0.2, 0.25) is 0 Å². The summed E-state index contributed by atoms with van der Waals surface area (Å²) in [7, 11) is -3.24. The Labute approximate surface area is 152 Å². The van der Waals surface area contributed by atoms with Gasteiger partial charge in [0.15, 0.2) is 12.7 Å². The lowest BCUT2D eigenvalue weighted by molar-refractivity contribution is -0.0525. The standard InChI is InChI=1S/C11H19N3O9P2S/c1-21-9-8(23-24(2,17)26)6(5-12-25(18,19)20)22-10(9)14-4-3-7(15)13-11(14)16/h3-4,6,8-10H,5H2,1-2H3,(H,17,26)(H,13,15,16)(H3,12,18,19,20)/t6-,8?,9?,10-,24?/m1/s1. The van der Waals surface area contributed by atoms with E-state index >= 15 is 0 Å². The summed E-state index contributed by atoms with van der Waals surface area (Å²) < 4.78 is 28.6. The molecular weight excluding hydrogens is 412 g/mol. The highest BCUT2D eigenvalue weighted by atomic mass is 32.5. The minimum atomic E-state index is -4.55. The van der Waals surface area contributed by atoms with Gasteiger partial charge in [-0.15, -0.1) is 0 Å². The lowest BCUT2D eigenvalue weighted by Crippen LogP contribution is -2.40. The predicted molar refractivity (Wildman–Crippen MR) is 93.4 cm³/mol. The second-order valence-electron chi connectivity index (χ2n) is 5.56. The topological polar surface area (TPSA) is 172 Å². The van der Waals surface area contributed by atoms with Crippen molar-refractivity contribution in [3.63, 3.8) is 0 Å². The molecule has 0 bridgehead atoms. The molecule has 5 N–H and O–H groups in total. The largest absolute Gasteiger partial charge is 0.400 e. The van der Waals surface area contributed by atoms with Gasteiger partial charge < -0.3 is 28.7 Å². The number of hydrogen-bond acceptors (Lipinski definition) is 7. The lowest BCUT2D eigenvalue weighted by atomic mass is 10.1. The first-order valence-corrected chi connectivity index (χ1v) is 11.9. The first-order chi connectivity index (χ1) is 11.9. The van der Waals surface area contributed by atoms with Gasteiger partial charge in [-0.25, -0.2) is 14.4 Å². The summed E-state index contributed by atoms with van der Waals surface area (Å²) >= 11 is 4.87. The van der Waals surface area contributed by atoms with Gasteiger partial charge in [-0.1, -0.05) is 0 Å². The molecule has 1 aliphatic heterocycles. The summed E-state index contributed by atoms with van der Waals surface area (Å²) in [5, 5.41) is 1.98. The van der Waals surface area contributed by atoms with E-state index < -0.39 is 50.0 Å². The Morgan fingerprint density at radius 1 is 1.38 bits per heavy atom. The summed E-state index contributed by atoms with van der Waals surface area (Å²) in [6.07, 6.45) is -2.88. The van der Waals surface area contributed by atoms with E-state index in [2.05, 4.69) is 4.98 Å². The van der Waals surface area contributed by atoms with Crippen LogP contribution < -0.4 is 16.3 Å². The van der Waals surface area contributed by atoms with E-state index in [9.17, 15) is 19.0 Å². The van der Waals surface area contributed by atoms with Crippen LogP contribution in [0.1, 0.15) is 6.23 Å². The van der Waals surface area contributed by atoms with Crippen LogP contribution in [-0.4, -0.2) is 62.9 Å². The maximum Gasteiger partial charge on any atom is 0.400 e. The summed E-state index contributed by atoms with van der Waals surface area (Å²) in [5.41, 5.74) is -1.38. The van der Waals surface area contributed by atoms with Crippen molar-refractivity contribution in [2.45, 2.75) is 24.5 Å². The number of ether oxygens (including phenoxy) is 2. The van der Waals surface area contributed by atoms with Crippen molar-refractivity contribution in [3.8, 4) is 0 Å². The number of hydrogen-bond donors (Lipinski definition) is 5. The predicted octanol–water partition coefficient (Wildman–Crippen LogP) is -1.55. The van der Waals surface area contributed by atoms with Crippen molar-refractivity contribution in [2.24, 2.45) is 0 Å². The van der Waals surface area contributed by atoms with Crippen LogP contribution in [0.15, 0.2) is 21.9 Å². The highest BCUT2D eigenvalue weighted by molar-refractivity contribution is 8.09. The minimum Gasteiger partial charge on any atom is -0.374 e. The molecule has 15 heteroatoms. The summed E-state index contributed by atoms with van der Waals surface area (Å²) in [5.74, 6) is 0. The number of methoxy groups -OCH3 is 1. The van der Waals surface area contributed by atoms with E-state index in [1.165, 1.54) is 20.0 Å². The van der Waals surface area contributed by atoms with Crippen molar-refractivity contribution in [1.82, 2.24) is 14.6 Å². The quantitative estimate of drug-likeness (QED) is 0.316. The Bertz CT molecular complexity index is 846. The van der Waals surface area contributed by atoms with Crippen LogP contribution in [0.4, 0.5) is 0 Å². The highest BCUT2D eigenvalue weighted by Crippen LogP contribution is 2.45. The van der Waals surface area contributed by atoms with Crippen LogP contribution in [0.3, 0.4) is 0 Å². The van der Waals surface area contributed by atoms with Crippen LogP contribution in [0.25, 0.3) is 0 Å². The van der Waals surface area contributed by atoms with E-state index in [-0.39, 0.29) is 6.54 Å². The fourth-order valence-corrected chi connectivity index (χ4v) is 3.96. The fraction of sp³-hybridized carbons (Fsp3) is 0.636. The first kappa shape index (κ1) is 21.6. The molecule has 0 spiro atoms. The molecule has 0 saturated carbocycles. The Morgan fingerprint density at radius 3 is 2.54 bits per heavy atom. The van der Waals surface area contributed by atoms with E-state index in [4.69, 9.17) is 35.6 Å². The molecule has 1 aliphatic rings. The fourth-order valence-electron chi connectivity index (χ4n) is 2.54. The molecule has 1 aromatic heterocycles. The van der Waals surface area contributed by atoms with Crippen molar-refractivity contribution < 1.29 is 33.2 Å². The van der Waals surface area contributed by atoms with E-state index in [0.29, 0.717) is 0 Å². The van der Waals surface area contributed by atoms with Gasteiger partial charge in [-0.3, -0.25) is 14.3 Å². The van der Waals surface area contributed by atoms with E-state index in [1.54, 1.807) is 0 Å². The van der Waals surface area contributed by atoms with Crippen molar-refractivity contribution in [1.29, 1.82) is 0 Å². The number of nitrogens with one attached hydrogen (secondary N) is 2. The molecular formula is C11H19N3O9P2S. The second kappa shape index (κ2) is 8.11. The third kappa shape index (κ3) is 5.64. The maximum atomic E-state index is 12.0. The zero-order chi connectivity index (χ0) is 19.7. The van der Waals surface area contributed by atoms with Crippen LogP contribution in [0.5, 0.6) is 0 Å². The van der Waals surface area contributed by atoms with E-state index in [1.807, 2.05) is 5.09 Å². The summed E-state index contributed by atoms with van der Waals surface area (Å²) in [6.45, 7) is -2.27. The molecule has 12 nitrogen and oxygen atoms in total. The summed E-state index contributed by atoms with van der Waals surface area (Å²) in [4.78, 5) is 53.2. The first-order valence-electron chi connectivity index (χ1n) is 7.20. The molecule has 148 valence electrons. The third-order valence-electron chi connectivity index (χ3n) is 3.50. The highest BCUT2D eigenvalue weighted by Gasteiger charge is 2.48. The second-order valence-corrected chi connectivity index (χ2v) is 10.8. The SMILES string of the molecule is COC1C(OP(C)(O)=S)[C@@H](CNP(=O)(O)O)O[C@H]1n1ccc(=O)[nH]c1=O. The normalized spacial score (nSPS) is 28.8. The molecule has 0 amide bonds. The van der Waals surface area contributed by atoms with Crippen LogP contribution in [-0.2, 0) is 30.4 Å². The molecule has 2 heterocycles. The van der Waals surface area contributed by atoms with Crippen molar-refractivity contribution >= 4 is 26.0 Å². The molecule has 0 aliphatic carbocycles. The molecule has 1 fully saturated rings. The molecule has 1 aromatic rings. The van der Waals surface area contributed by atoms with Crippen molar-refractivity contribution in [2.75, 3.05) is 20.3 Å². The molecule has 0 radical (unpaired) electrons. The zero-order valence-electron chi connectivity index (χ0n) is 13.7. The molecule has 3 unspecified atom stereocenters. The van der Waals surface area contributed by atoms with Gasteiger partial charge in [0.1, 0.15) is 18.3 Å². The Hall–Kier alpha value is -0.720. The number of rotatable bonds is 7. The number of H-pyrrole nitrogens is 1. The monoisotopic (exact) mass is 431 g/mol. The van der Waals surface area contributed by atoms with Crippen LogP contribution >= 0.6 is 14.2 Å². The number of aromatic nitrogens is 2. The summed E-state index contributed by atoms with van der Waals surface area (Å²) in [6, 6.07) is 1.10. The third-order valence-corrected chi connectivity index (χ3v) is 4.99. The molecule has 5 atom stereocenters. The Morgan fingerprint density at radius 2 is 2.04 bits per heavy atom. The van der Waals surface area contributed by atoms with Gasteiger partial charge in [0.05, 0.1) is 0 Å². The average Bonchev–Trinajstić information content (AvgIpc) is 2.80. The van der Waals surface area contributed by atoms with Gasteiger partial charge in [0, 0.05) is 32.6 Å². The smallest absolute Gasteiger partial charge is 0.374 e. The van der Waals surface area contributed by atoms with Gasteiger partial charge in [-0.05, 0) is 11.8 Å². The molecule has 1 saturated heterocycles. The number of nitrogens with zero attached hydrogens (tertiary/aromatic N) is 1. The van der Waals surface area contributed by atoms with E-state index in [0.717, 1.165) is 10.6 Å². The maximum absolute atomic E-state index is 12.0. The Balaban J connectivity index is 2.37. The van der Waals surface area contributed by atoms with Crippen LogP contribution in [0.2, 0.25) is 0 Å². The van der Waals surface area contributed by atoms with Crippen molar-refractivity contribution in [3.05, 3.63) is 33.1 Å². The Kier molecular flexibility index (Phi) is 6.73. The van der Waals surface area contributed by atoms with Crippen LogP contribution in [0, 0.1) is 0 Å². The van der Waals surface area contributed by atoms with Gasteiger partial charge >= 0.3 is 13.4 Å². The number of aromatic amines is 1. The average molecular weight is 431 g/mol. The molecule has 0 aromatic carbocycles. The van der Waals surface area contributed by atoms with Gasteiger partial charge in [0.25, 0.3) is 5.56 Å². The zero-order valence-corrected chi connectivity index (χ0v) is 16.3. The minimum absolute atomic E-state index is 0.362. The lowest BCUT2D eigenvalue weighted by Gasteiger charge is -2.26.